The summed E-state index contributed by atoms with van der Waals surface area (Å²) >= 11 is 8.38. The second-order valence-electron chi connectivity index (χ2n) is 7.09. The molecule has 6 rings (SSSR count). The average molecular weight is 383 g/mol. The summed E-state index contributed by atoms with van der Waals surface area (Å²) in [6, 6.07) is 32.8. The van der Waals surface area contributed by atoms with E-state index in [0.29, 0.717) is 0 Å². The Morgan fingerprint density at radius 1 is 0.630 bits per heavy atom. The lowest BCUT2D eigenvalue weighted by Gasteiger charge is -2.39. The highest BCUT2D eigenvalue weighted by molar-refractivity contribution is 7.99. The third kappa shape index (κ3) is 1.91. The van der Waals surface area contributed by atoms with Crippen LogP contribution in [0.5, 0.6) is 0 Å². The Morgan fingerprint density at radius 2 is 1.33 bits per heavy atom. The molecule has 1 atom stereocenters. The van der Waals surface area contributed by atoms with Crippen LogP contribution in [0.3, 0.4) is 0 Å². The topological polar surface area (TPSA) is 0 Å². The van der Waals surface area contributed by atoms with Crippen LogP contribution in [0.15, 0.2) is 101 Å². The van der Waals surface area contributed by atoms with Gasteiger partial charge in [0.05, 0.1) is 5.41 Å². The second kappa shape index (κ2) is 5.51. The van der Waals surface area contributed by atoms with Crippen molar-refractivity contribution in [2.24, 2.45) is 0 Å². The van der Waals surface area contributed by atoms with Gasteiger partial charge in [-0.15, -0.1) is 0 Å². The number of hydrogen-bond donors (Lipinski definition) is 0. The third-order valence-electron chi connectivity index (χ3n) is 5.78. The van der Waals surface area contributed by atoms with E-state index >= 15 is 0 Å². The zero-order chi connectivity index (χ0) is 18.0. The number of hydrogen-bond acceptors (Lipinski definition) is 1. The fourth-order valence-electron chi connectivity index (χ4n) is 4.85. The molecule has 1 unspecified atom stereocenters. The van der Waals surface area contributed by atoms with Crippen LogP contribution in [0, 0.1) is 0 Å². The van der Waals surface area contributed by atoms with Gasteiger partial charge in [-0.05, 0) is 51.6 Å². The highest BCUT2D eigenvalue weighted by Gasteiger charge is 2.50. The van der Waals surface area contributed by atoms with E-state index in [0.717, 1.165) is 5.02 Å². The van der Waals surface area contributed by atoms with E-state index in [2.05, 4.69) is 91.0 Å². The monoisotopic (exact) mass is 382 g/mol. The van der Waals surface area contributed by atoms with Gasteiger partial charge in [-0.25, -0.2) is 0 Å². The Hall–Kier alpha value is -2.48. The molecule has 1 aliphatic carbocycles. The molecule has 27 heavy (non-hydrogen) atoms. The summed E-state index contributed by atoms with van der Waals surface area (Å²) < 4.78 is 0. The minimum atomic E-state index is -0.283. The SMILES string of the molecule is Clc1cc2c3c(c1)-c1ccccc1C3(c1ccccc1)c1ccccc1S2. The van der Waals surface area contributed by atoms with Crippen molar-refractivity contribution in [1.82, 2.24) is 0 Å². The molecule has 0 nitrogen and oxygen atoms in total. The molecule has 0 saturated carbocycles. The fraction of sp³-hybridized carbons (Fsp3) is 0.0400. The average Bonchev–Trinajstić information content (AvgIpc) is 3.01. The van der Waals surface area contributed by atoms with E-state index in [9.17, 15) is 0 Å². The van der Waals surface area contributed by atoms with Crippen LogP contribution in [0.1, 0.15) is 22.3 Å². The number of halogens is 1. The van der Waals surface area contributed by atoms with E-state index in [1.54, 1.807) is 0 Å². The molecule has 0 fully saturated rings. The van der Waals surface area contributed by atoms with Crippen LogP contribution in [-0.2, 0) is 5.41 Å². The molecular formula is C25H15ClS. The van der Waals surface area contributed by atoms with Gasteiger partial charge < -0.3 is 0 Å². The molecule has 128 valence electrons. The summed E-state index contributed by atoms with van der Waals surface area (Å²) in [6.07, 6.45) is 0. The maximum Gasteiger partial charge on any atom is 0.0735 e. The Morgan fingerprint density at radius 3 is 2.19 bits per heavy atom. The first-order chi connectivity index (χ1) is 13.3. The summed E-state index contributed by atoms with van der Waals surface area (Å²) in [5.74, 6) is 0. The number of fused-ring (bicyclic) bond motifs is 5. The molecule has 2 heteroatoms. The minimum Gasteiger partial charge on any atom is -0.0893 e. The van der Waals surface area contributed by atoms with Gasteiger partial charge in [-0.2, -0.15) is 0 Å². The van der Waals surface area contributed by atoms with E-state index in [-0.39, 0.29) is 5.41 Å². The Balaban J connectivity index is 1.88. The highest BCUT2D eigenvalue weighted by Crippen LogP contribution is 2.63. The van der Waals surface area contributed by atoms with Crippen molar-refractivity contribution in [1.29, 1.82) is 0 Å². The van der Waals surface area contributed by atoms with Gasteiger partial charge in [0.1, 0.15) is 0 Å². The van der Waals surface area contributed by atoms with Crippen molar-refractivity contribution < 1.29 is 0 Å². The van der Waals surface area contributed by atoms with Crippen molar-refractivity contribution >= 4 is 23.4 Å². The first-order valence-corrected chi connectivity index (χ1v) is 10.3. The first kappa shape index (κ1) is 15.6. The maximum absolute atomic E-state index is 6.55. The van der Waals surface area contributed by atoms with Crippen molar-refractivity contribution in [2.75, 3.05) is 0 Å². The molecule has 1 heterocycles. The highest BCUT2D eigenvalue weighted by atomic mass is 35.5. The molecule has 0 N–H and O–H groups in total. The van der Waals surface area contributed by atoms with Crippen LogP contribution in [-0.4, -0.2) is 0 Å². The minimum absolute atomic E-state index is 0.283. The van der Waals surface area contributed by atoms with E-state index in [1.165, 1.54) is 43.2 Å². The summed E-state index contributed by atoms with van der Waals surface area (Å²) in [4.78, 5) is 2.56. The van der Waals surface area contributed by atoms with Crippen LogP contribution >= 0.6 is 23.4 Å². The van der Waals surface area contributed by atoms with Crippen molar-refractivity contribution in [3.8, 4) is 11.1 Å². The van der Waals surface area contributed by atoms with Crippen molar-refractivity contribution in [3.05, 3.63) is 118 Å². The van der Waals surface area contributed by atoms with E-state index in [4.69, 9.17) is 11.6 Å². The maximum atomic E-state index is 6.55. The lowest BCUT2D eigenvalue weighted by atomic mass is 9.67. The van der Waals surface area contributed by atoms with Crippen LogP contribution in [0.25, 0.3) is 11.1 Å². The van der Waals surface area contributed by atoms with Crippen LogP contribution in [0.4, 0.5) is 0 Å². The molecular weight excluding hydrogens is 368 g/mol. The molecule has 0 aromatic heterocycles. The van der Waals surface area contributed by atoms with E-state index < -0.39 is 0 Å². The third-order valence-corrected chi connectivity index (χ3v) is 7.12. The van der Waals surface area contributed by atoms with E-state index in [1.807, 2.05) is 11.8 Å². The lowest BCUT2D eigenvalue weighted by molar-refractivity contribution is 0.724. The molecule has 2 aliphatic rings. The zero-order valence-corrected chi connectivity index (χ0v) is 16.0. The summed E-state index contributed by atoms with van der Waals surface area (Å²) in [6.45, 7) is 0. The van der Waals surface area contributed by atoms with Gasteiger partial charge in [0.2, 0.25) is 0 Å². The molecule has 4 aromatic rings. The molecule has 0 amide bonds. The summed E-state index contributed by atoms with van der Waals surface area (Å²) in [5, 5.41) is 0.800. The van der Waals surface area contributed by atoms with Crippen molar-refractivity contribution in [3.63, 3.8) is 0 Å². The predicted octanol–water partition coefficient (Wildman–Crippen LogP) is 7.17. The summed E-state index contributed by atoms with van der Waals surface area (Å²) in [7, 11) is 0. The van der Waals surface area contributed by atoms with Crippen molar-refractivity contribution in [2.45, 2.75) is 15.2 Å². The molecule has 0 spiro atoms. The van der Waals surface area contributed by atoms with Crippen LogP contribution in [0.2, 0.25) is 5.02 Å². The van der Waals surface area contributed by atoms with Gasteiger partial charge >= 0.3 is 0 Å². The number of rotatable bonds is 1. The van der Waals surface area contributed by atoms with Gasteiger partial charge in [-0.1, -0.05) is 96.2 Å². The Kier molecular flexibility index (Phi) is 3.18. The fourth-order valence-corrected chi connectivity index (χ4v) is 6.40. The summed E-state index contributed by atoms with van der Waals surface area (Å²) in [5.41, 5.74) is 7.67. The lowest BCUT2D eigenvalue weighted by Crippen LogP contribution is -2.31. The molecule has 0 saturated heterocycles. The normalized spacial score (nSPS) is 18.6. The molecule has 1 aliphatic heterocycles. The quantitative estimate of drug-likeness (QED) is 0.290. The van der Waals surface area contributed by atoms with Gasteiger partial charge in [0.15, 0.2) is 0 Å². The Bertz CT molecular complexity index is 1210. The smallest absolute Gasteiger partial charge is 0.0735 e. The largest absolute Gasteiger partial charge is 0.0893 e. The second-order valence-corrected chi connectivity index (χ2v) is 8.61. The van der Waals surface area contributed by atoms with Crippen LogP contribution < -0.4 is 0 Å². The molecule has 0 bridgehead atoms. The standard InChI is InChI=1S/C25H15ClS/c26-17-14-19-18-10-4-5-11-20(18)25(16-8-2-1-3-9-16)21-12-6-7-13-22(21)27-23(15-17)24(19)25/h1-15H. The van der Waals surface area contributed by atoms with Gasteiger partial charge in [-0.3, -0.25) is 0 Å². The van der Waals surface area contributed by atoms with Gasteiger partial charge in [0, 0.05) is 14.8 Å². The predicted molar refractivity (Wildman–Crippen MR) is 113 cm³/mol. The molecule has 0 radical (unpaired) electrons. The first-order valence-electron chi connectivity index (χ1n) is 9.07. The van der Waals surface area contributed by atoms with Gasteiger partial charge in [0.25, 0.3) is 0 Å². The molecule has 4 aromatic carbocycles. The number of benzene rings is 4. The Labute approximate surface area is 167 Å². The zero-order valence-electron chi connectivity index (χ0n) is 14.4.